The quantitative estimate of drug-likeness (QED) is 0.468. The predicted molar refractivity (Wildman–Crippen MR) is 98.6 cm³/mol. The Morgan fingerprint density at radius 1 is 1.33 bits per heavy atom. The van der Waals surface area contributed by atoms with Gasteiger partial charge in [-0.05, 0) is 35.8 Å². The van der Waals surface area contributed by atoms with E-state index in [1.165, 1.54) is 29.8 Å². The minimum Gasteiger partial charge on any atom is -0.464 e. The van der Waals surface area contributed by atoms with Gasteiger partial charge in [-0.1, -0.05) is 17.7 Å². The third-order valence-electron chi connectivity index (χ3n) is 3.33. The van der Waals surface area contributed by atoms with Gasteiger partial charge in [0.05, 0.1) is 27.9 Å². The lowest BCUT2D eigenvalue weighted by atomic mass is 9.96. The zero-order valence-electron chi connectivity index (χ0n) is 12.3. The van der Waals surface area contributed by atoms with E-state index in [0.717, 1.165) is 4.88 Å². The maximum Gasteiger partial charge on any atom is 0.355 e. The summed E-state index contributed by atoms with van der Waals surface area (Å²) in [7, 11) is 1.26. The number of thiophene rings is 2. The molecule has 0 aromatic carbocycles. The molecule has 2 aromatic rings. The van der Waals surface area contributed by atoms with E-state index < -0.39 is 12.0 Å². The number of halogens is 1. The SMILES string of the molecule is COC(=O)C1=C(C(=O)c2cccs2)[C@@H](c2ccc(Cl)s2)NC(=S)N1. The predicted octanol–water partition coefficient (Wildman–Crippen LogP) is 3.29. The van der Waals surface area contributed by atoms with Crippen LogP contribution in [0.2, 0.25) is 4.34 Å². The van der Waals surface area contributed by atoms with Gasteiger partial charge in [-0.3, -0.25) is 4.79 Å². The van der Waals surface area contributed by atoms with Gasteiger partial charge >= 0.3 is 5.97 Å². The molecule has 0 aliphatic carbocycles. The number of ketones is 1. The molecule has 5 nitrogen and oxygen atoms in total. The van der Waals surface area contributed by atoms with Crippen molar-refractivity contribution in [2.75, 3.05) is 7.11 Å². The van der Waals surface area contributed by atoms with E-state index in [1.54, 1.807) is 29.6 Å². The van der Waals surface area contributed by atoms with E-state index in [9.17, 15) is 9.59 Å². The summed E-state index contributed by atoms with van der Waals surface area (Å²) in [5, 5.41) is 7.83. The van der Waals surface area contributed by atoms with Crippen molar-refractivity contribution in [3.05, 3.63) is 55.0 Å². The lowest BCUT2D eigenvalue weighted by Crippen LogP contribution is -2.47. The van der Waals surface area contributed by atoms with Crippen LogP contribution in [0.4, 0.5) is 0 Å². The van der Waals surface area contributed by atoms with Gasteiger partial charge < -0.3 is 15.4 Å². The van der Waals surface area contributed by atoms with Crippen LogP contribution in [-0.4, -0.2) is 24.0 Å². The molecule has 9 heteroatoms. The monoisotopic (exact) mass is 398 g/mol. The van der Waals surface area contributed by atoms with E-state index in [0.29, 0.717) is 9.21 Å². The second-order valence-corrected chi connectivity index (χ2v) is 7.86. The van der Waals surface area contributed by atoms with Crippen molar-refractivity contribution in [3.63, 3.8) is 0 Å². The molecule has 2 aromatic heterocycles. The molecule has 3 rings (SSSR count). The fourth-order valence-corrected chi connectivity index (χ4v) is 4.33. The number of hydrogen-bond donors (Lipinski definition) is 2. The molecule has 1 atom stereocenters. The fraction of sp³-hybridized carbons (Fsp3) is 0.133. The maximum absolute atomic E-state index is 13.0. The summed E-state index contributed by atoms with van der Waals surface area (Å²) in [5.41, 5.74) is 0.311. The number of carbonyl (C=O) groups is 2. The number of esters is 1. The fourth-order valence-electron chi connectivity index (χ4n) is 2.31. The van der Waals surface area contributed by atoms with Crippen LogP contribution in [0.15, 0.2) is 40.9 Å². The molecule has 0 unspecified atom stereocenters. The van der Waals surface area contributed by atoms with Gasteiger partial charge in [0.25, 0.3) is 0 Å². The number of nitrogens with one attached hydrogen (secondary N) is 2. The number of Topliss-reactive ketones (excluding diaryl/α,β-unsaturated/α-hetero) is 1. The second kappa shape index (κ2) is 7.02. The maximum atomic E-state index is 13.0. The molecule has 3 heterocycles. The van der Waals surface area contributed by atoms with E-state index in [1.807, 2.05) is 0 Å². The molecule has 1 aliphatic rings. The third-order valence-corrected chi connectivity index (χ3v) is 5.71. The van der Waals surface area contributed by atoms with Gasteiger partial charge in [0.1, 0.15) is 5.70 Å². The largest absolute Gasteiger partial charge is 0.464 e. The van der Waals surface area contributed by atoms with Gasteiger partial charge in [0, 0.05) is 4.88 Å². The zero-order chi connectivity index (χ0) is 17.3. The summed E-state index contributed by atoms with van der Waals surface area (Å²) in [6.45, 7) is 0. The Hall–Kier alpha value is -1.74. The first-order valence-electron chi connectivity index (χ1n) is 6.74. The Bertz CT molecular complexity index is 842. The van der Waals surface area contributed by atoms with E-state index in [4.69, 9.17) is 28.6 Å². The molecule has 124 valence electrons. The smallest absolute Gasteiger partial charge is 0.355 e. The third kappa shape index (κ3) is 3.23. The molecule has 0 radical (unpaired) electrons. The summed E-state index contributed by atoms with van der Waals surface area (Å²) < 4.78 is 5.39. The van der Waals surface area contributed by atoms with Gasteiger partial charge in [0.15, 0.2) is 5.11 Å². The van der Waals surface area contributed by atoms with Crippen LogP contribution in [0.3, 0.4) is 0 Å². The van der Waals surface area contributed by atoms with Gasteiger partial charge in [-0.25, -0.2) is 4.79 Å². The number of rotatable bonds is 4. The minimum absolute atomic E-state index is 0.0502. The standard InChI is InChI=1S/C15H11ClN2O3S3/c1-21-14(20)12-10(13(19)8-3-2-6-23-8)11(17-15(22)18-12)7-4-5-9(16)24-7/h2-6,11H,1H3,(H2,17,18,22)/t11-/m1/s1. The Balaban J connectivity index is 2.16. The molecule has 24 heavy (non-hydrogen) atoms. The van der Waals surface area contributed by atoms with Gasteiger partial charge in [0.2, 0.25) is 5.78 Å². The van der Waals surface area contributed by atoms with Crippen LogP contribution in [0, 0.1) is 0 Å². The Morgan fingerprint density at radius 2 is 2.12 bits per heavy atom. The average molecular weight is 399 g/mol. The summed E-state index contributed by atoms with van der Waals surface area (Å²) in [4.78, 5) is 26.5. The number of thiocarbonyl (C=S) groups is 1. The number of carbonyl (C=O) groups excluding carboxylic acids is 2. The Morgan fingerprint density at radius 3 is 2.71 bits per heavy atom. The number of hydrogen-bond acceptors (Lipinski definition) is 6. The molecule has 0 fully saturated rings. The topological polar surface area (TPSA) is 67.4 Å². The summed E-state index contributed by atoms with van der Waals surface area (Å²) >= 11 is 13.8. The normalized spacial score (nSPS) is 17.2. The van der Waals surface area contributed by atoms with Crippen LogP contribution in [-0.2, 0) is 9.53 Å². The lowest BCUT2D eigenvalue weighted by molar-refractivity contribution is -0.136. The highest BCUT2D eigenvalue weighted by atomic mass is 35.5. The number of methoxy groups -OCH3 is 1. The Kier molecular flexibility index (Phi) is 5.00. The first-order valence-corrected chi connectivity index (χ1v) is 9.23. The van der Waals surface area contributed by atoms with Crippen molar-refractivity contribution < 1.29 is 14.3 Å². The van der Waals surface area contributed by atoms with Crippen molar-refractivity contribution >= 4 is 63.4 Å². The van der Waals surface area contributed by atoms with E-state index >= 15 is 0 Å². The first-order chi connectivity index (χ1) is 11.5. The lowest BCUT2D eigenvalue weighted by Gasteiger charge is -2.29. The molecule has 0 spiro atoms. The molecule has 2 N–H and O–H groups in total. The van der Waals surface area contributed by atoms with E-state index in [2.05, 4.69) is 10.6 Å². The molecule has 0 saturated carbocycles. The summed E-state index contributed by atoms with van der Waals surface area (Å²) in [6, 6.07) is 6.45. The Labute approximate surface area is 156 Å². The summed E-state index contributed by atoms with van der Waals surface area (Å²) in [6.07, 6.45) is 0. The number of ether oxygens (including phenoxy) is 1. The van der Waals surface area contributed by atoms with Crippen molar-refractivity contribution in [2.45, 2.75) is 6.04 Å². The van der Waals surface area contributed by atoms with Crippen LogP contribution in [0.25, 0.3) is 0 Å². The van der Waals surface area contributed by atoms with Crippen LogP contribution in [0.1, 0.15) is 20.6 Å². The minimum atomic E-state index is -0.647. The molecule has 0 bridgehead atoms. The van der Waals surface area contributed by atoms with E-state index in [-0.39, 0.29) is 22.2 Å². The highest BCUT2D eigenvalue weighted by Gasteiger charge is 2.36. The molecule has 0 amide bonds. The van der Waals surface area contributed by atoms with Gasteiger partial charge in [-0.2, -0.15) is 0 Å². The highest BCUT2D eigenvalue weighted by molar-refractivity contribution is 7.80. The molecular formula is C15H11ClN2O3S3. The summed E-state index contributed by atoms with van der Waals surface area (Å²) in [5.74, 6) is -0.908. The zero-order valence-corrected chi connectivity index (χ0v) is 15.5. The van der Waals surface area contributed by atoms with Crippen LogP contribution < -0.4 is 10.6 Å². The van der Waals surface area contributed by atoms with Gasteiger partial charge in [-0.15, -0.1) is 22.7 Å². The van der Waals surface area contributed by atoms with Crippen molar-refractivity contribution in [2.24, 2.45) is 0 Å². The molecule has 0 saturated heterocycles. The second-order valence-electron chi connectivity index (χ2n) is 4.76. The van der Waals surface area contributed by atoms with Crippen molar-refractivity contribution in [3.8, 4) is 0 Å². The van der Waals surface area contributed by atoms with Crippen molar-refractivity contribution in [1.29, 1.82) is 0 Å². The first kappa shape index (κ1) is 17.1. The van der Waals surface area contributed by atoms with Crippen LogP contribution >= 0.6 is 46.5 Å². The molecule has 1 aliphatic heterocycles. The van der Waals surface area contributed by atoms with Crippen molar-refractivity contribution in [1.82, 2.24) is 10.6 Å². The highest BCUT2D eigenvalue weighted by Crippen LogP contribution is 2.35. The molecular weight excluding hydrogens is 388 g/mol. The average Bonchev–Trinajstić information content (AvgIpc) is 3.24. The van der Waals surface area contributed by atoms with Crippen LogP contribution in [0.5, 0.6) is 0 Å².